The van der Waals surface area contributed by atoms with Crippen LogP contribution in [0.2, 0.25) is 0 Å². The van der Waals surface area contributed by atoms with E-state index in [9.17, 15) is 5.11 Å². The van der Waals surface area contributed by atoms with Crippen LogP contribution in [0.1, 0.15) is 27.1 Å². The minimum absolute atomic E-state index is 0.579. The van der Waals surface area contributed by atoms with Gasteiger partial charge in [-0.3, -0.25) is 4.99 Å². The van der Waals surface area contributed by atoms with E-state index in [0.717, 1.165) is 42.9 Å². The number of aliphatic hydroxyl groups is 1. The van der Waals surface area contributed by atoms with Gasteiger partial charge in [-0.15, -0.1) is 11.3 Å². The van der Waals surface area contributed by atoms with Crippen LogP contribution in [0.3, 0.4) is 0 Å². The summed E-state index contributed by atoms with van der Waals surface area (Å²) in [5.74, 6) is 2.86. The summed E-state index contributed by atoms with van der Waals surface area (Å²) in [6, 6.07) is 14.4. The fourth-order valence-electron chi connectivity index (χ4n) is 4.80. The van der Waals surface area contributed by atoms with Gasteiger partial charge in [0.05, 0.1) is 32.8 Å². The number of thiophene rings is 1. The number of amidine groups is 1. The van der Waals surface area contributed by atoms with Crippen molar-refractivity contribution in [1.29, 1.82) is 0 Å². The lowest BCUT2D eigenvalue weighted by molar-refractivity contribution is -0.0742. The zero-order chi connectivity index (χ0) is 23.0. The number of aryl methyl sites for hydroxylation is 2. The minimum Gasteiger partial charge on any atom is -0.493 e. The minimum atomic E-state index is -1.06. The van der Waals surface area contributed by atoms with E-state index in [2.05, 4.69) is 45.6 Å². The molecule has 6 nitrogen and oxygen atoms in total. The SMILES string of the molecule is COc1cc(CCc2ccc(C3(O)Cc4ccsc4C4=NCCN43)cc2)cc(OC)c1OC. The van der Waals surface area contributed by atoms with Crippen LogP contribution in [0.15, 0.2) is 52.8 Å². The van der Waals surface area contributed by atoms with E-state index in [1.165, 1.54) is 16.0 Å². The third-order valence-corrected chi connectivity index (χ3v) is 7.47. The Labute approximate surface area is 198 Å². The summed E-state index contributed by atoms with van der Waals surface area (Å²) < 4.78 is 16.4. The Kier molecular flexibility index (Phi) is 5.76. The highest BCUT2D eigenvalue weighted by molar-refractivity contribution is 7.12. The summed E-state index contributed by atoms with van der Waals surface area (Å²) in [6.45, 7) is 1.47. The molecule has 0 amide bonds. The Balaban J connectivity index is 1.34. The molecule has 3 heterocycles. The molecular weight excluding hydrogens is 436 g/mol. The van der Waals surface area contributed by atoms with E-state index in [4.69, 9.17) is 14.2 Å². The maximum absolute atomic E-state index is 11.8. The zero-order valence-electron chi connectivity index (χ0n) is 19.1. The number of fused-ring (bicyclic) bond motifs is 3. The van der Waals surface area contributed by atoms with Crippen molar-refractivity contribution in [3.8, 4) is 17.2 Å². The van der Waals surface area contributed by atoms with Gasteiger partial charge < -0.3 is 24.2 Å². The summed E-state index contributed by atoms with van der Waals surface area (Å²) in [6.07, 6.45) is 2.28. The predicted octanol–water partition coefficient (Wildman–Crippen LogP) is 4.02. The van der Waals surface area contributed by atoms with Gasteiger partial charge in [0.15, 0.2) is 17.2 Å². The quantitative estimate of drug-likeness (QED) is 0.572. The molecule has 0 spiro atoms. The van der Waals surface area contributed by atoms with Crippen LogP contribution >= 0.6 is 11.3 Å². The van der Waals surface area contributed by atoms with E-state index >= 15 is 0 Å². The molecule has 2 aliphatic rings. The van der Waals surface area contributed by atoms with Gasteiger partial charge >= 0.3 is 0 Å². The number of hydrogen-bond donors (Lipinski definition) is 1. The van der Waals surface area contributed by atoms with Crippen LogP contribution in [0.5, 0.6) is 17.2 Å². The average Bonchev–Trinajstić information content (AvgIpc) is 3.52. The van der Waals surface area contributed by atoms with Gasteiger partial charge in [-0.2, -0.15) is 0 Å². The molecule has 0 saturated heterocycles. The Bertz CT molecular complexity index is 1160. The molecule has 0 saturated carbocycles. The molecule has 2 aromatic carbocycles. The van der Waals surface area contributed by atoms with Gasteiger partial charge in [-0.1, -0.05) is 24.3 Å². The monoisotopic (exact) mass is 464 g/mol. The van der Waals surface area contributed by atoms with Crippen molar-refractivity contribution in [1.82, 2.24) is 4.90 Å². The third kappa shape index (κ3) is 3.75. The predicted molar refractivity (Wildman–Crippen MR) is 130 cm³/mol. The van der Waals surface area contributed by atoms with Crippen molar-refractivity contribution in [2.24, 2.45) is 4.99 Å². The van der Waals surface area contributed by atoms with Crippen LogP contribution in [-0.2, 0) is 25.0 Å². The lowest BCUT2D eigenvalue weighted by Gasteiger charge is -2.42. The Morgan fingerprint density at radius 1 is 0.970 bits per heavy atom. The van der Waals surface area contributed by atoms with E-state index in [-0.39, 0.29) is 0 Å². The zero-order valence-corrected chi connectivity index (χ0v) is 19.9. The maximum atomic E-state index is 11.8. The lowest BCUT2D eigenvalue weighted by atomic mass is 9.89. The normalized spacial score (nSPS) is 19.0. The van der Waals surface area contributed by atoms with Gasteiger partial charge in [-0.25, -0.2) is 0 Å². The lowest BCUT2D eigenvalue weighted by Crippen LogP contribution is -2.52. The molecule has 7 heteroatoms. The Morgan fingerprint density at radius 3 is 2.33 bits per heavy atom. The van der Waals surface area contributed by atoms with Crippen molar-refractivity contribution in [3.05, 3.63) is 75.0 Å². The molecule has 1 aromatic heterocycles. The van der Waals surface area contributed by atoms with E-state index < -0.39 is 5.72 Å². The van der Waals surface area contributed by atoms with Crippen LogP contribution in [-0.4, -0.2) is 50.3 Å². The highest BCUT2D eigenvalue weighted by atomic mass is 32.1. The number of hydrogen-bond acceptors (Lipinski definition) is 7. The molecular formula is C26H28N2O4S. The first kappa shape index (κ1) is 21.8. The number of methoxy groups -OCH3 is 3. The first-order valence-corrected chi connectivity index (χ1v) is 11.9. The van der Waals surface area contributed by atoms with Gasteiger partial charge in [0.1, 0.15) is 5.84 Å². The van der Waals surface area contributed by atoms with Crippen molar-refractivity contribution in [2.75, 3.05) is 34.4 Å². The summed E-state index contributed by atoms with van der Waals surface area (Å²) in [7, 11) is 4.87. The first-order chi connectivity index (χ1) is 16.1. The molecule has 172 valence electrons. The molecule has 3 aromatic rings. The van der Waals surface area contributed by atoms with Gasteiger partial charge in [-0.05, 0) is 53.1 Å². The Morgan fingerprint density at radius 2 is 1.67 bits per heavy atom. The summed E-state index contributed by atoms with van der Waals surface area (Å²) >= 11 is 1.70. The third-order valence-electron chi connectivity index (χ3n) is 6.52. The van der Waals surface area contributed by atoms with Crippen LogP contribution in [0.4, 0.5) is 0 Å². The van der Waals surface area contributed by atoms with Gasteiger partial charge in [0, 0.05) is 18.5 Å². The maximum Gasteiger partial charge on any atom is 0.203 e. The van der Waals surface area contributed by atoms with Crippen LogP contribution in [0, 0.1) is 0 Å². The van der Waals surface area contributed by atoms with Gasteiger partial charge in [0.2, 0.25) is 5.75 Å². The van der Waals surface area contributed by atoms with Crippen molar-refractivity contribution < 1.29 is 19.3 Å². The largest absolute Gasteiger partial charge is 0.493 e. The molecule has 0 fully saturated rings. The second kappa shape index (κ2) is 8.72. The number of nitrogens with zero attached hydrogens (tertiary/aromatic N) is 2. The Hall–Kier alpha value is -3.03. The van der Waals surface area contributed by atoms with Crippen LogP contribution < -0.4 is 14.2 Å². The number of rotatable bonds is 7. The summed E-state index contributed by atoms with van der Waals surface area (Å²) in [5, 5.41) is 13.8. The number of aliphatic imine (C=N–C) groups is 1. The van der Waals surface area contributed by atoms with Crippen molar-refractivity contribution >= 4 is 17.2 Å². The average molecular weight is 465 g/mol. The molecule has 0 bridgehead atoms. The molecule has 0 radical (unpaired) electrons. The van der Waals surface area contributed by atoms with Crippen molar-refractivity contribution in [2.45, 2.75) is 25.0 Å². The molecule has 33 heavy (non-hydrogen) atoms. The summed E-state index contributed by atoms with van der Waals surface area (Å²) in [4.78, 5) is 7.94. The topological polar surface area (TPSA) is 63.5 Å². The molecule has 0 aliphatic carbocycles. The molecule has 1 unspecified atom stereocenters. The second-order valence-electron chi connectivity index (χ2n) is 8.36. The highest BCUT2D eigenvalue weighted by Gasteiger charge is 2.45. The number of ether oxygens (including phenoxy) is 3. The highest BCUT2D eigenvalue weighted by Crippen LogP contribution is 2.41. The fraction of sp³-hybridized carbons (Fsp3) is 0.346. The van der Waals surface area contributed by atoms with Crippen molar-refractivity contribution in [3.63, 3.8) is 0 Å². The van der Waals surface area contributed by atoms with E-state index in [1.54, 1.807) is 32.7 Å². The summed E-state index contributed by atoms with van der Waals surface area (Å²) in [5.41, 5.74) is 3.34. The molecule has 2 aliphatic heterocycles. The number of benzene rings is 2. The molecule has 1 N–H and O–H groups in total. The van der Waals surface area contributed by atoms with E-state index in [0.29, 0.717) is 23.7 Å². The van der Waals surface area contributed by atoms with E-state index in [1.807, 2.05) is 12.1 Å². The first-order valence-electron chi connectivity index (χ1n) is 11.1. The van der Waals surface area contributed by atoms with Crippen LogP contribution in [0.25, 0.3) is 0 Å². The molecule has 5 rings (SSSR count). The standard InChI is InChI=1S/C26H28N2O4S/c1-30-21-14-18(15-22(31-2)23(21)32-3)5-4-17-6-8-20(9-7-17)26(29)16-19-10-13-33-24(19)25-27-11-12-28(25)26/h6-10,13-15,29H,4-5,11-12,16H2,1-3H3. The smallest absolute Gasteiger partial charge is 0.203 e. The fourth-order valence-corrected chi connectivity index (χ4v) is 5.74. The van der Waals surface area contributed by atoms with Gasteiger partial charge in [0.25, 0.3) is 0 Å². The second-order valence-corrected chi connectivity index (χ2v) is 9.27. The molecule has 1 atom stereocenters.